The van der Waals surface area contributed by atoms with E-state index in [-0.39, 0.29) is 5.56 Å². The van der Waals surface area contributed by atoms with Crippen molar-refractivity contribution in [3.63, 3.8) is 0 Å². The number of nitrogens with zero attached hydrogens (tertiary/aromatic N) is 3. The molecule has 7 heteroatoms. The lowest BCUT2D eigenvalue weighted by atomic mass is 10.2. The predicted molar refractivity (Wildman–Crippen MR) is 73.2 cm³/mol. The number of carboxylic acids is 1. The fourth-order valence-corrected chi connectivity index (χ4v) is 2.17. The van der Waals surface area contributed by atoms with Gasteiger partial charge in [0.05, 0.1) is 15.9 Å². The molecule has 2 heterocycles. The molecule has 2 aromatic heterocycles. The summed E-state index contributed by atoms with van der Waals surface area (Å²) in [5, 5.41) is 13.5. The molecule has 18 heavy (non-hydrogen) atoms. The second-order valence-corrected chi connectivity index (χ2v) is 5.44. The van der Waals surface area contributed by atoms with Crippen molar-refractivity contribution in [2.45, 2.75) is 13.8 Å². The molecular formula is C11H9Br2N3O2. The summed E-state index contributed by atoms with van der Waals surface area (Å²) < 4.78 is 2.99. The molecule has 0 aliphatic rings. The highest BCUT2D eigenvalue weighted by Gasteiger charge is 2.18. The van der Waals surface area contributed by atoms with Gasteiger partial charge in [0.25, 0.3) is 0 Å². The predicted octanol–water partition coefficient (Wildman–Crippen LogP) is 3.11. The van der Waals surface area contributed by atoms with Gasteiger partial charge in [0.2, 0.25) is 0 Å². The Hall–Kier alpha value is -1.21. The van der Waals surface area contributed by atoms with Crippen LogP contribution in [0.5, 0.6) is 0 Å². The number of rotatable bonds is 2. The minimum Gasteiger partial charge on any atom is -0.478 e. The molecule has 0 aromatic carbocycles. The zero-order valence-corrected chi connectivity index (χ0v) is 12.8. The van der Waals surface area contributed by atoms with Crippen LogP contribution < -0.4 is 0 Å². The second-order valence-electron chi connectivity index (χ2n) is 3.73. The first-order valence-electron chi connectivity index (χ1n) is 5.02. The van der Waals surface area contributed by atoms with Gasteiger partial charge in [0, 0.05) is 10.7 Å². The molecule has 2 rings (SSSR count). The number of aryl methyl sites for hydroxylation is 1. The summed E-state index contributed by atoms with van der Waals surface area (Å²) in [5.41, 5.74) is 1.70. The normalized spacial score (nSPS) is 10.7. The molecule has 0 atom stereocenters. The standard InChI is InChI=1S/C11H9Br2N3O2/c1-5-9(13)6(2)16(15-5)10-8(11(17)18)3-7(12)4-14-10/h3-4H,1-2H3,(H,17,18). The smallest absolute Gasteiger partial charge is 0.339 e. The van der Waals surface area contributed by atoms with E-state index < -0.39 is 5.97 Å². The third kappa shape index (κ3) is 2.20. The molecule has 0 unspecified atom stereocenters. The van der Waals surface area contributed by atoms with E-state index in [0.717, 1.165) is 15.9 Å². The van der Waals surface area contributed by atoms with Crippen LogP contribution in [0.4, 0.5) is 0 Å². The van der Waals surface area contributed by atoms with Crippen molar-refractivity contribution in [1.29, 1.82) is 0 Å². The third-order valence-electron chi connectivity index (χ3n) is 2.47. The highest BCUT2D eigenvalue weighted by atomic mass is 79.9. The minimum atomic E-state index is -1.04. The fraction of sp³-hybridized carbons (Fsp3) is 0.182. The minimum absolute atomic E-state index is 0.0995. The van der Waals surface area contributed by atoms with Crippen LogP contribution in [-0.4, -0.2) is 25.8 Å². The number of aromatic nitrogens is 3. The maximum Gasteiger partial charge on any atom is 0.339 e. The highest BCUT2D eigenvalue weighted by molar-refractivity contribution is 9.10. The Morgan fingerprint density at radius 1 is 1.39 bits per heavy atom. The van der Waals surface area contributed by atoms with E-state index >= 15 is 0 Å². The Morgan fingerprint density at radius 2 is 2.06 bits per heavy atom. The molecule has 0 bridgehead atoms. The number of pyridine rings is 1. The molecule has 0 amide bonds. The van der Waals surface area contributed by atoms with Crippen LogP contribution in [0, 0.1) is 13.8 Å². The second kappa shape index (κ2) is 4.81. The molecule has 0 aliphatic carbocycles. The van der Waals surface area contributed by atoms with Crippen LogP contribution in [0.2, 0.25) is 0 Å². The summed E-state index contributed by atoms with van der Waals surface area (Å²) in [6.45, 7) is 3.69. The third-order valence-corrected chi connectivity index (χ3v) is 4.05. The van der Waals surface area contributed by atoms with Crippen LogP contribution >= 0.6 is 31.9 Å². The molecule has 0 spiro atoms. The first-order valence-corrected chi connectivity index (χ1v) is 6.61. The Bertz CT molecular complexity index is 637. The number of halogens is 2. The average Bonchev–Trinajstić information content (AvgIpc) is 2.57. The van der Waals surface area contributed by atoms with Crippen molar-refractivity contribution in [3.05, 3.63) is 38.2 Å². The average molecular weight is 375 g/mol. The topological polar surface area (TPSA) is 68.0 Å². The molecule has 0 aliphatic heterocycles. The Kier molecular flexibility index (Phi) is 3.54. The Labute approximate surface area is 120 Å². The van der Waals surface area contributed by atoms with Crippen LogP contribution in [-0.2, 0) is 0 Å². The van der Waals surface area contributed by atoms with Crippen molar-refractivity contribution >= 4 is 37.8 Å². The summed E-state index contributed by atoms with van der Waals surface area (Å²) in [7, 11) is 0. The van der Waals surface area contributed by atoms with E-state index in [2.05, 4.69) is 41.9 Å². The SMILES string of the molecule is Cc1nn(-c2ncc(Br)cc2C(=O)O)c(C)c1Br. The summed E-state index contributed by atoms with van der Waals surface area (Å²) in [6, 6.07) is 1.51. The summed E-state index contributed by atoms with van der Waals surface area (Å²) in [5.74, 6) is -0.737. The number of hydrogen-bond donors (Lipinski definition) is 1. The zero-order valence-electron chi connectivity index (χ0n) is 9.61. The van der Waals surface area contributed by atoms with Crippen molar-refractivity contribution in [2.24, 2.45) is 0 Å². The number of aromatic carboxylic acids is 1. The lowest BCUT2D eigenvalue weighted by molar-refractivity contribution is 0.0696. The van der Waals surface area contributed by atoms with Crippen LogP contribution in [0.1, 0.15) is 21.7 Å². The van der Waals surface area contributed by atoms with E-state index in [1.165, 1.54) is 10.7 Å². The van der Waals surface area contributed by atoms with Crippen molar-refractivity contribution in [3.8, 4) is 5.82 Å². The van der Waals surface area contributed by atoms with E-state index in [4.69, 9.17) is 0 Å². The van der Waals surface area contributed by atoms with Gasteiger partial charge in [0.1, 0.15) is 5.56 Å². The van der Waals surface area contributed by atoms with E-state index in [1.807, 2.05) is 13.8 Å². The van der Waals surface area contributed by atoms with Gasteiger partial charge in [-0.15, -0.1) is 0 Å². The van der Waals surface area contributed by atoms with Crippen LogP contribution in [0.15, 0.2) is 21.2 Å². The first-order chi connectivity index (χ1) is 8.41. The maximum atomic E-state index is 11.2. The molecule has 0 saturated heterocycles. The first kappa shape index (κ1) is 13.2. The molecule has 94 valence electrons. The van der Waals surface area contributed by atoms with E-state index in [0.29, 0.717) is 10.3 Å². The lowest BCUT2D eigenvalue weighted by Crippen LogP contribution is -2.10. The molecule has 5 nitrogen and oxygen atoms in total. The zero-order chi connectivity index (χ0) is 13.4. The van der Waals surface area contributed by atoms with E-state index in [1.54, 1.807) is 6.20 Å². The van der Waals surface area contributed by atoms with Crippen LogP contribution in [0.25, 0.3) is 5.82 Å². The van der Waals surface area contributed by atoms with Crippen LogP contribution in [0.3, 0.4) is 0 Å². The Morgan fingerprint density at radius 3 is 2.56 bits per heavy atom. The summed E-state index contributed by atoms with van der Waals surface area (Å²) in [4.78, 5) is 15.4. The number of hydrogen-bond acceptors (Lipinski definition) is 3. The largest absolute Gasteiger partial charge is 0.478 e. The summed E-state index contributed by atoms with van der Waals surface area (Å²) >= 11 is 6.62. The van der Waals surface area contributed by atoms with Gasteiger partial charge in [-0.3, -0.25) is 0 Å². The molecular weight excluding hydrogens is 366 g/mol. The van der Waals surface area contributed by atoms with Gasteiger partial charge in [-0.25, -0.2) is 14.5 Å². The maximum absolute atomic E-state index is 11.2. The van der Waals surface area contributed by atoms with Gasteiger partial charge in [0.15, 0.2) is 5.82 Å². The summed E-state index contributed by atoms with van der Waals surface area (Å²) in [6.07, 6.45) is 1.55. The highest BCUT2D eigenvalue weighted by Crippen LogP contribution is 2.24. The molecule has 0 radical (unpaired) electrons. The van der Waals surface area contributed by atoms with Gasteiger partial charge >= 0.3 is 5.97 Å². The molecule has 1 N–H and O–H groups in total. The van der Waals surface area contributed by atoms with Gasteiger partial charge in [-0.2, -0.15) is 5.10 Å². The molecule has 0 saturated carbocycles. The fourth-order valence-electron chi connectivity index (χ4n) is 1.59. The van der Waals surface area contributed by atoms with Gasteiger partial charge < -0.3 is 5.11 Å². The number of carbonyl (C=O) groups is 1. The van der Waals surface area contributed by atoms with Gasteiger partial charge in [-0.1, -0.05) is 0 Å². The van der Waals surface area contributed by atoms with Crippen molar-refractivity contribution in [1.82, 2.24) is 14.8 Å². The van der Waals surface area contributed by atoms with Crippen molar-refractivity contribution < 1.29 is 9.90 Å². The van der Waals surface area contributed by atoms with Gasteiger partial charge in [-0.05, 0) is 51.8 Å². The Balaban J connectivity index is 2.71. The quantitative estimate of drug-likeness (QED) is 0.876. The van der Waals surface area contributed by atoms with E-state index in [9.17, 15) is 9.90 Å². The monoisotopic (exact) mass is 373 g/mol. The lowest BCUT2D eigenvalue weighted by Gasteiger charge is -2.07. The van der Waals surface area contributed by atoms with Crippen molar-refractivity contribution in [2.75, 3.05) is 0 Å². The molecule has 2 aromatic rings. The molecule has 0 fully saturated rings. The number of carboxylic acid groups (broad SMARTS) is 1.